The molecule has 0 fully saturated rings. The van der Waals surface area contributed by atoms with Crippen LogP contribution in [0.4, 0.5) is 8.78 Å². The van der Waals surface area contributed by atoms with Crippen molar-refractivity contribution in [1.29, 1.82) is 0 Å². The predicted octanol–water partition coefficient (Wildman–Crippen LogP) is 5.33. The lowest BCUT2D eigenvalue weighted by Gasteiger charge is -2.07. The molecule has 2 aromatic carbocycles. The molecular formula is C23H26F2N2O3S. The Morgan fingerprint density at radius 2 is 1.87 bits per heavy atom. The lowest BCUT2D eigenvalue weighted by Crippen LogP contribution is -2.20. The first-order chi connectivity index (χ1) is 15.0. The van der Waals surface area contributed by atoms with E-state index in [4.69, 9.17) is 9.47 Å². The van der Waals surface area contributed by atoms with Gasteiger partial charge in [-0.2, -0.15) is 4.99 Å². The average Bonchev–Trinajstić information content (AvgIpc) is 3.09. The summed E-state index contributed by atoms with van der Waals surface area (Å²) in [6.45, 7) is 5.76. The molecule has 0 saturated heterocycles. The smallest absolute Gasteiger partial charge is 0.279 e. The largest absolute Gasteiger partial charge is 0.494 e. The molecule has 0 unspecified atom stereocenters. The zero-order valence-corrected chi connectivity index (χ0v) is 18.5. The first-order valence-corrected chi connectivity index (χ1v) is 11.2. The van der Waals surface area contributed by atoms with E-state index in [-0.39, 0.29) is 5.52 Å². The van der Waals surface area contributed by atoms with Gasteiger partial charge in [-0.1, -0.05) is 31.1 Å². The quantitative estimate of drug-likeness (QED) is 0.394. The number of nitrogens with zero attached hydrogens (tertiary/aromatic N) is 2. The van der Waals surface area contributed by atoms with E-state index in [0.717, 1.165) is 36.7 Å². The number of rotatable bonds is 10. The number of carbonyl (C=O) groups excluding carboxylic acids is 1. The molecule has 3 rings (SSSR count). The van der Waals surface area contributed by atoms with Crippen LogP contribution in [0, 0.1) is 11.6 Å². The number of thiazole rings is 1. The average molecular weight is 449 g/mol. The van der Waals surface area contributed by atoms with Crippen LogP contribution >= 0.6 is 11.3 Å². The van der Waals surface area contributed by atoms with E-state index in [1.807, 2.05) is 6.92 Å². The van der Waals surface area contributed by atoms with Crippen LogP contribution in [0.25, 0.3) is 10.2 Å². The van der Waals surface area contributed by atoms with E-state index in [2.05, 4.69) is 11.9 Å². The van der Waals surface area contributed by atoms with Crippen molar-refractivity contribution in [2.24, 2.45) is 4.99 Å². The minimum atomic E-state index is -0.693. The number of hydrogen-bond acceptors (Lipinski definition) is 4. The van der Waals surface area contributed by atoms with Gasteiger partial charge in [0, 0.05) is 24.8 Å². The fraction of sp³-hybridized carbons (Fsp3) is 0.391. The molecule has 3 aromatic rings. The number of halogens is 2. The molecule has 1 amide bonds. The Bertz CT molecular complexity index is 1090. The number of carbonyl (C=O) groups is 1. The molecule has 0 atom stereocenters. The lowest BCUT2D eigenvalue weighted by molar-refractivity contribution is 0.0996. The molecule has 0 N–H and O–H groups in total. The number of fused-ring (bicyclic) bond motifs is 1. The lowest BCUT2D eigenvalue weighted by atomic mass is 10.2. The van der Waals surface area contributed by atoms with Gasteiger partial charge >= 0.3 is 0 Å². The summed E-state index contributed by atoms with van der Waals surface area (Å²) in [5, 5.41) is 0. The number of unbranched alkanes of at least 4 members (excludes halogenated alkanes) is 2. The molecule has 31 heavy (non-hydrogen) atoms. The Kier molecular flexibility index (Phi) is 8.31. The summed E-state index contributed by atoms with van der Waals surface area (Å²) >= 11 is 1.07. The van der Waals surface area contributed by atoms with Gasteiger partial charge in [0.1, 0.15) is 11.6 Å². The number of benzene rings is 2. The van der Waals surface area contributed by atoms with Gasteiger partial charge in [0.25, 0.3) is 5.91 Å². The van der Waals surface area contributed by atoms with Gasteiger partial charge < -0.3 is 14.0 Å². The summed E-state index contributed by atoms with van der Waals surface area (Å²) in [4.78, 5) is 17.2. The number of amides is 1. The minimum absolute atomic E-state index is 0.216. The van der Waals surface area contributed by atoms with Gasteiger partial charge in [0.15, 0.2) is 10.6 Å². The normalized spacial score (nSPS) is 11.9. The van der Waals surface area contributed by atoms with Crippen LogP contribution < -0.4 is 9.54 Å². The molecule has 0 aliphatic heterocycles. The van der Waals surface area contributed by atoms with E-state index in [1.54, 1.807) is 28.8 Å². The topological polar surface area (TPSA) is 52.8 Å². The second-order valence-corrected chi connectivity index (χ2v) is 7.97. The fourth-order valence-corrected chi connectivity index (χ4v) is 4.20. The van der Waals surface area contributed by atoms with Crippen molar-refractivity contribution >= 4 is 27.5 Å². The highest BCUT2D eigenvalue weighted by Gasteiger charge is 2.14. The maximum absolute atomic E-state index is 14.4. The van der Waals surface area contributed by atoms with E-state index < -0.39 is 17.5 Å². The van der Waals surface area contributed by atoms with E-state index in [1.165, 1.54) is 6.07 Å². The SMILES string of the molecule is CCCCCOc1ccc(C(=O)N=c2sc3cc(F)cc(F)c3n2CCOCC)cc1. The molecule has 8 heteroatoms. The van der Waals surface area contributed by atoms with Crippen LogP contribution in [-0.2, 0) is 11.3 Å². The highest BCUT2D eigenvalue weighted by molar-refractivity contribution is 7.16. The van der Waals surface area contributed by atoms with E-state index in [9.17, 15) is 13.6 Å². The standard InChI is InChI=1S/C23H26F2N2O3S/c1-3-5-6-12-30-18-9-7-16(8-10-18)22(28)26-23-27(11-13-29-4-2)21-19(25)14-17(24)15-20(21)31-23/h7-10,14-15H,3-6,11-13H2,1-2H3. The molecule has 1 heterocycles. The highest BCUT2D eigenvalue weighted by atomic mass is 32.1. The van der Waals surface area contributed by atoms with Crippen LogP contribution in [0.5, 0.6) is 5.75 Å². The van der Waals surface area contributed by atoms with Gasteiger partial charge in [-0.3, -0.25) is 4.79 Å². The minimum Gasteiger partial charge on any atom is -0.494 e. The summed E-state index contributed by atoms with van der Waals surface area (Å²) < 4.78 is 41.1. The highest BCUT2D eigenvalue weighted by Crippen LogP contribution is 2.22. The van der Waals surface area contributed by atoms with E-state index >= 15 is 0 Å². The maximum atomic E-state index is 14.4. The van der Waals surface area contributed by atoms with Crippen LogP contribution in [0.3, 0.4) is 0 Å². The first-order valence-electron chi connectivity index (χ1n) is 10.4. The van der Waals surface area contributed by atoms with Crippen molar-refractivity contribution in [2.45, 2.75) is 39.7 Å². The Balaban J connectivity index is 1.87. The fourth-order valence-electron chi connectivity index (χ4n) is 3.11. The van der Waals surface area contributed by atoms with Crippen molar-refractivity contribution in [3.63, 3.8) is 0 Å². The maximum Gasteiger partial charge on any atom is 0.279 e. The Labute approximate surface area is 184 Å². The van der Waals surface area contributed by atoms with E-state index in [0.29, 0.717) is 47.2 Å². The van der Waals surface area contributed by atoms with Crippen molar-refractivity contribution in [2.75, 3.05) is 19.8 Å². The molecule has 0 radical (unpaired) electrons. The molecule has 5 nitrogen and oxygen atoms in total. The van der Waals surface area contributed by atoms with Gasteiger partial charge in [-0.05, 0) is 43.7 Å². The molecule has 0 aliphatic rings. The van der Waals surface area contributed by atoms with Crippen molar-refractivity contribution in [3.05, 3.63) is 58.4 Å². The second-order valence-electron chi connectivity index (χ2n) is 6.96. The van der Waals surface area contributed by atoms with Crippen molar-refractivity contribution < 1.29 is 23.0 Å². The number of aromatic nitrogens is 1. The van der Waals surface area contributed by atoms with Gasteiger partial charge in [0.2, 0.25) is 0 Å². The molecule has 0 bridgehead atoms. The number of ether oxygens (including phenoxy) is 2. The summed E-state index contributed by atoms with van der Waals surface area (Å²) in [7, 11) is 0. The molecule has 1 aromatic heterocycles. The van der Waals surface area contributed by atoms with Crippen LogP contribution in [0.2, 0.25) is 0 Å². The Hall–Kier alpha value is -2.58. The van der Waals surface area contributed by atoms with Crippen LogP contribution in [0.1, 0.15) is 43.5 Å². The monoisotopic (exact) mass is 448 g/mol. The zero-order valence-electron chi connectivity index (χ0n) is 17.7. The van der Waals surface area contributed by atoms with Crippen LogP contribution in [-0.4, -0.2) is 30.3 Å². The van der Waals surface area contributed by atoms with Crippen molar-refractivity contribution in [1.82, 2.24) is 4.57 Å². The summed E-state index contributed by atoms with van der Waals surface area (Å²) in [5.74, 6) is -1.13. The third-order valence-corrected chi connectivity index (χ3v) is 5.70. The third kappa shape index (κ3) is 5.98. The van der Waals surface area contributed by atoms with Gasteiger partial charge in [-0.25, -0.2) is 8.78 Å². The van der Waals surface area contributed by atoms with Crippen LogP contribution in [0.15, 0.2) is 41.4 Å². The first kappa shape index (κ1) is 23.1. The number of hydrogen-bond donors (Lipinski definition) is 0. The molecule has 0 spiro atoms. The molecule has 0 saturated carbocycles. The zero-order chi connectivity index (χ0) is 22.2. The van der Waals surface area contributed by atoms with Gasteiger partial charge in [0.05, 0.1) is 23.4 Å². The Morgan fingerprint density at radius 1 is 1.10 bits per heavy atom. The second kappa shape index (κ2) is 11.2. The van der Waals surface area contributed by atoms with Crippen molar-refractivity contribution in [3.8, 4) is 5.75 Å². The molecule has 0 aliphatic carbocycles. The molecular weight excluding hydrogens is 422 g/mol. The summed E-state index contributed by atoms with van der Waals surface area (Å²) in [6.07, 6.45) is 3.22. The third-order valence-electron chi connectivity index (χ3n) is 4.67. The Morgan fingerprint density at radius 3 is 2.58 bits per heavy atom. The summed E-state index contributed by atoms with van der Waals surface area (Å²) in [5.41, 5.74) is 0.606. The molecule has 166 valence electrons. The van der Waals surface area contributed by atoms with Gasteiger partial charge in [-0.15, -0.1) is 0 Å². The summed E-state index contributed by atoms with van der Waals surface area (Å²) in [6, 6.07) is 8.85. The predicted molar refractivity (Wildman–Crippen MR) is 118 cm³/mol.